The first-order valence-electron chi connectivity index (χ1n) is 5.01. The van der Waals surface area contributed by atoms with Crippen molar-refractivity contribution in [2.24, 2.45) is 5.73 Å². The van der Waals surface area contributed by atoms with E-state index in [0.29, 0.717) is 5.01 Å². The molecular formula is C11H11N3OS2. The molecule has 0 aliphatic rings. The summed E-state index contributed by atoms with van der Waals surface area (Å²) in [6.07, 6.45) is 0.170. The average molecular weight is 265 g/mol. The van der Waals surface area contributed by atoms with Crippen molar-refractivity contribution in [3.63, 3.8) is 0 Å². The number of amides is 1. The number of hydrogen-bond acceptors (Lipinski definition) is 5. The molecule has 6 heteroatoms. The van der Waals surface area contributed by atoms with E-state index in [4.69, 9.17) is 5.73 Å². The molecule has 4 nitrogen and oxygen atoms in total. The van der Waals surface area contributed by atoms with Crippen molar-refractivity contribution in [3.8, 4) is 0 Å². The van der Waals surface area contributed by atoms with Gasteiger partial charge in [-0.25, -0.2) is 0 Å². The van der Waals surface area contributed by atoms with E-state index in [-0.39, 0.29) is 12.3 Å². The van der Waals surface area contributed by atoms with Crippen molar-refractivity contribution >= 4 is 29.0 Å². The van der Waals surface area contributed by atoms with Gasteiger partial charge < -0.3 is 5.73 Å². The Balaban J connectivity index is 1.91. The zero-order valence-corrected chi connectivity index (χ0v) is 10.6. The van der Waals surface area contributed by atoms with Gasteiger partial charge >= 0.3 is 0 Å². The van der Waals surface area contributed by atoms with Crippen molar-refractivity contribution in [3.05, 3.63) is 40.9 Å². The molecule has 0 saturated heterocycles. The summed E-state index contributed by atoms with van der Waals surface area (Å²) in [4.78, 5) is 10.7. The molecule has 0 bridgehead atoms. The number of aromatic nitrogens is 2. The minimum absolute atomic E-state index is 0.170. The van der Waals surface area contributed by atoms with Crippen LogP contribution in [0.1, 0.15) is 10.6 Å². The molecule has 0 fully saturated rings. The summed E-state index contributed by atoms with van der Waals surface area (Å²) < 4.78 is 0.866. The lowest BCUT2D eigenvalue weighted by Crippen LogP contribution is -2.13. The average Bonchev–Trinajstić information content (AvgIpc) is 2.75. The van der Waals surface area contributed by atoms with Crippen LogP contribution in [0.25, 0.3) is 0 Å². The number of hydrogen-bond donors (Lipinski definition) is 1. The summed E-state index contributed by atoms with van der Waals surface area (Å²) in [6.45, 7) is 0. The second-order valence-electron chi connectivity index (χ2n) is 3.38. The van der Waals surface area contributed by atoms with Crippen LogP contribution in [0.15, 0.2) is 34.7 Å². The maximum absolute atomic E-state index is 10.7. The molecular weight excluding hydrogens is 254 g/mol. The molecule has 1 aromatic heterocycles. The van der Waals surface area contributed by atoms with Crippen molar-refractivity contribution in [2.45, 2.75) is 16.5 Å². The van der Waals surface area contributed by atoms with Gasteiger partial charge in [-0.15, -0.1) is 10.2 Å². The highest BCUT2D eigenvalue weighted by molar-refractivity contribution is 8.00. The van der Waals surface area contributed by atoms with E-state index in [1.807, 2.05) is 18.2 Å². The Morgan fingerprint density at radius 3 is 2.76 bits per heavy atom. The van der Waals surface area contributed by atoms with Crippen molar-refractivity contribution in [2.75, 3.05) is 0 Å². The van der Waals surface area contributed by atoms with E-state index in [9.17, 15) is 4.79 Å². The highest BCUT2D eigenvalue weighted by Gasteiger charge is 2.07. The van der Waals surface area contributed by atoms with Gasteiger partial charge in [-0.1, -0.05) is 53.4 Å². The summed E-state index contributed by atoms with van der Waals surface area (Å²) in [7, 11) is 0. The molecule has 0 spiro atoms. The fourth-order valence-corrected chi connectivity index (χ4v) is 3.10. The monoisotopic (exact) mass is 265 g/mol. The summed E-state index contributed by atoms with van der Waals surface area (Å²) in [5, 5.41) is 8.60. The lowest BCUT2D eigenvalue weighted by molar-refractivity contribution is -0.117. The van der Waals surface area contributed by atoms with Crippen LogP contribution in [0.3, 0.4) is 0 Å². The molecule has 0 atom stereocenters. The molecule has 1 aromatic carbocycles. The predicted molar refractivity (Wildman–Crippen MR) is 68.8 cm³/mol. The van der Waals surface area contributed by atoms with E-state index in [2.05, 4.69) is 22.3 Å². The molecule has 2 N–H and O–H groups in total. The van der Waals surface area contributed by atoms with E-state index < -0.39 is 0 Å². The molecule has 0 unspecified atom stereocenters. The van der Waals surface area contributed by atoms with E-state index >= 15 is 0 Å². The van der Waals surface area contributed by atoms with Gasteiger partial charge in [0, 0.05) is 5.75 Å². The maximum Gasteiger partial charge on any atom is 0.224 e. The lowest BCUT2D eigenvalue weighted by atomic mass is 10.2. The molecule has 88 valence electrons. The zero-order valence-electron chi connectivity index (χ0n) is 9.00. The van der Waals surface area contributed by atoms with Crippen LogP contribution >= 0.6 is 23.1 Å². The third kappa shape index (κ3) is 3.83. The number of nitrogens with zero attached hydrogens (tertiary/aromatic N) is 2. The summed E-state index contributed by atoms with van der Waals surface area (Å²) in [6, 6.07) is 10.1. The van der Waals surface area contributed by atoms with E-state index in [0.717, 1.165) is 10.1 Å². The number of thioether (sulfide) groups is 1. The van der Waals surface area contributed by atoms with Crippen LogP contribution in [0.4, 0.5) is 0 Å². The van der Waals surface area contributed by atoms with E-state index in [1.165, 1.54) is 16.9 Å². The third-order valence-corrected chi connectivity index (χ3v) is 4.11. The topological polar surface area (TPSA) is 68.9 Å². The first-order chi connectivity index (χ1) is 8.24. The largest absolute Gasteiger partial charge is 0.369 e. The lowest BCUT2D eigenvalue weighted by Gasteiger charge is -1.96. The quantitative estimate of drug-likeness (QED) is 0.838. The van der Waals surface area contributed by atoms with Crippen LogP contribution in [0, 0.1) is 0 Å². The fraction of sp³-hybridized carbons (Fsp3) is 0.182. The number of carbonyl (C=O) groups is 1. The number of carbonyl (C=O) groups excluding carboxylic acids is 1. The van der Waals surface area contributed by atoms with Crippen LogP contribution in [0.2, 0.25) is 0 Å². The zero-order chi connectivity index (χ0) is 12.1. The van der Waals surface area contributed by atoms with E-state index in [1.54, 1.807) is 11.8 Å². The Bertz CT molecular complexity index is 498. The molecule has 0 radical (unpaired) electrons. The van der Waals surface area contributed by atoms with Crippen LogP contribution < -0.4 is 5.73 Å². The number of nitrogens with two attached hydrogens (primary N) is 1. The summed E-state index contributed by atoms with van der Waals surface area (Å²) in [5.41, 5.74) is 6.33. The molecule has 17 heavy (non-hydrogen) atoms. The Morgan fingerprint density at radius 1 is 1.29 bits per heavy atom. The van der Waals surface area contributed by atoms with Gasteiger partial charge in [-0.3, -0.25) is 4.79 Å². The van der Waals surface area contributed by atoms with Crippen molar-refractivity contribution in [1.29, 1.82) is 0 Å². The molecule has 0 saturated carbocycles. The highest BCUT2D eigenvalue weighted by Crippen LogP contribution is 2.25. The standard InChI is InChI=1S/C11H11N3OS2/c12-9(15)6-10-13-14-11(17-10)16-7-8-4-2-1-3-5-8/h1-5H,6-7H2,(H2,12,15). The molecule has 2 rings (SSSR count). The van der Waals surface area contributed by atoms with Gasteiger partial charge in [0.1, 0.15) is 5.01 Å². The Hall–Kier alpha value is -1.40. The van der Waals surface area contributed by atoms with Gasteiger partial charge in [-0.05, 0) is 5.56 Å². The Kier molecular flexibility index (Phi) is 4.11. The minimum atomic E-state index is -0.374. The SMILES string of the molecule is NC(=O)Cc1nnc(SCc2ccccc2)s1. The second kappa shape index (κ2) is 5.79. The first kappa shape index (κ1) is 12.1. The van der Waals surface area contributed by atoms with Crippen molar-refractivity contribution in [1.82, 2.24) is 10.2 Å². The van der Waals surface area contributed by atoms with Crippen LogP contribution in [-0.2, 0) is 17.0 Å². The smallest absolute Gasteiger partial charge is 0.224 e. The molecule has 1 amide bonds. The highest BCUT2D eigenvalue weighted by atomic mass is 32.2. The molecule has 2 aromatic rings. The van der Waals surface area contributed by atoms with Crippen LogP contribution in [0.5, 0.6) is 0 Å². The van der Waals surface area contributed by atoms with Crippen LogP contribution in [-0.4, -0.2) is 16.1 Å². The fourth-order valence-electron chi connectivity index (χ4n) is 1.24. The molecule has 0 aliphatic carbocycles. The summed E-state index contributed by atoms with van der Waals surface area (Å²) in [5.74, 6) is 0.479. The second-order valence-corrected chi connectivity index (χ2v) is 5.66. The number of rotatable bonds is 5. The Labute approximate surface area is 107 Å². The third-order valence-electron chi connectivity index (χ3n) is 1.98. The normalized spacial score (nSPS) is 10.4. The number of primary amides is 1. The van der Waals surface area contributed by atoms with Gasteiger partial charge in [0.15, 0.2) is 4.34 Å². The predicted octanol–water partition coefficient (Wildman–Crippen LogP) is 1.86. The minimum Gasteiger partial charge on any atom is -0.369 e. The summed E-state index contributed by atoms with van der Waals surface area (Å²) >= 11 is 3.03. The van der Waals surface area contributed by atoms with Gasteiger partial charge in [-0.2, -0.15) is 0 Å². The van der Waals surface area contributed by atoms with Gasteiger partial charge in [0.05, 0.1) is 6.42 Å². The maximum atomic E-state index is 10.7. The first-order valence-corrected chi connectivity index (χ1v) is 6.81. The van der Waals surface area contributed by atoms with Gasteiger partial charge in [0.2, 0.25) is 5.91 Å². The van der Waals surface area contributed by atoms with Crippen molar-refractivity contribution < 1.29 is 4.79 Å². The Morgan fingerprint density at radius 2 is 2.06 bits per heavy atom. The molecule has 0 aliphatic heterocycles. The van der Waals surface area contributed by atoms with Gasteiger partial charge in [0.25, 0.3) is 0 Å². The molecule has 1 heterocycles. The number of benzene rings is 1.